The summed E-state index contributed by atoms with van der Waals surface area (Å²) < 4.78 is 38.6. The number of alkyl halides is 3. The minimum absolute atomic E-state index is 0. The van der Waals surface area contributed by atoms with Crippen molar-refractivity contribution in [2.75, 3.05) is 18.0 Å². The molecule has 0 unspecified atom stereocenters. The Morgan fingerprint density at radius 3 is 2.33 bits per heavy atom. The Balaban J connectivity index is 0.00000220. The molecule has 1 aromatic carbocycles. The molecule has 1 aliphatic heterocycles. The standard InChI is InChI=1S/C12H14F3N3O2.ClH/c13-12(14,15)10-7-9(1-2-11(10)18(19)20)17-5-3-8(16)4-6-17;/h1-2,7-8H,3-6,16H2;1H. The average Bonchev–Trinajstić information content (AvgIpc) is 2.38. The number of halogens is 4. The molecule has 1 aromatic rings. The molecule has 0 aliphatic carbocycles. The first-order valence-electron chi connectivity index (χ1n) is 6.15. The van der Waals surface area contributed by atoms with E-state index in [-0.39, 0.29) is 18.4 Å². The molecule has 5 nitrogen and oxygen atoms in total. The Morgan fingerprint density at radius 2 is 1.86 bits per heavy atom. The van der Waals surface area contributed by atoms with Gasteiger partial charge in [0.1, 0.15) is 5.56 Å². The summed E-state index contributed by atoms with van der Waals surface area (Å²) in [5, 5.41) is 10.7. The predicted molar refractivity (Wildman–Crippen MR) is 74.8 cm³/mol. The van der Waals surface area contributed by atoms with Gasteiger partial charge in [0, 0.05) is 30.9 Å². The fourth-order valence-electron chi connectivity index (χ4n) is 2.26. The van der Waals surface area contributed by atoms with Crippen molar-refractivity contribution in [3.05, 3.63) is 33.9 Å². The van der Waals surface area contributed by atoms with E-state index in [0.717, 1.165) is 12.1 Å². The Kier molecular flexibility index (Phi) is 5.41. The molecule has 0 spiro atoms. The van der Waals surface area contributed by atoms with Crippen LogP contribution in [0.1, 0.15) is 18.4 Å². The molecule has 118 valence electrons. The maximum absolute atomic E-state index is 12.9. The fraction of sp³-hybridized carbons (Fsp3) is 0.500. The van der Waals surface area contributed by atoms with Crippen LogP contribution in [0.15, 0.2) is 18.2 Å². The minimum atomic E-state index is -4.75. The number of hydrogen-bond acceptors (Lipinski definition) is 4. The van der Waals surface area contributed by atoms with E-state index in [1.54, 1.807) is 4.90 Å². The summed E-state index contributed by atoms with van der Waals surface area (Å²) in [6, 6.07) is 3.16. The Morgan fingerprint density at radius 1 is 1.29 bits per heavy atom. The minimum Gasteiger partial charge on any atom is -0.371 e. The summed E-state index contributed by atoms with van der Waals surface area (Å²) in [7, 11) is 0. The Hall–Kier alpha value is -1.54. The van der Waals surface area contributed by atoms with E-state index in [4.69, 9.17) is 5.73 Å². The van der Waals surface area contributed by atoms with Gasteiger partial charge in [0.15, 0.2) is 0 Å². The van der Waals surface area contributed by atoms with Gasteiger partial charge in [-0.05, 0) is 25.0 Å². The zero-order chi connectivity index (χ0) is 14.9. The van der Waals surface area contributed by atoms with Crippen LogP contribution in [0.2, 0.25) is 0 Å². The van der Waals surface area contributed by atoms with Crippen molar-refractivity contribution in [3.8, 4) is 0 Å². The lowest BCUT2D eigenvalue weighted by Gasteiger charge is -2.32. The molecule has 2 N–H and O–H groups in total. The summed E-state index contributed by atoms with van der Waals surface area (Å²) in [6.07, 6.45) is -3.36. The smallest absolute Gasteiger partial charge is 0.371 e. The van der Waals surface area contributed by atoms with Gasteiger partial charge in [0.25, 0.3) is 5.69 Å². The highest BCUT2D eigenvalue weighted by Gasteiger charge is 2.38. The summed E-state index contributed by atoms with van der Waals surface area (Å²) in [4.78, 5) is 11.4. The van der Waals surface area contributed by atoms with Gasteiger partial charge in [-0.15, -0.1) is 12.4 Å². The SMILES string of the molecule is Cl.NC1CCN(c2ccc([N+](=O)[O-])c(C(F)(F)F)c2)CC1. The summed E-state index contributed by atoms with van der Waals surface area (Å²) >= 11 is 0. The molecule has 0 aromatic heterocycles. The molecular formula is C12H15ClF3N3O2. The zero-order valence-corrected chi connectivity index (χ0v) is 11.8. The van der Waals surface area contributed by atoms with Crippen LogP contribution in [0, 0.1) is 10.1 Å². The molecule has 0 bridgehead atoms. The number of rotatable bonds is 2. The Bertz CT molecular complexity index is 517. The number of hydrogen-bond donors (Lipinski definition) is 1. The van der Waals surface area contributed by atoms with E-state index in [2.05, 4.69) is 0 Å². The normalized spacial score (nSPS) is 16.5. The van der Waals surface area contributed by atoms with Crippen molar-refractivity contribution in [2.24, 2.45) is 5.73 Å². The number of nitrogens with two attached hydrogens (primary N) is 1. The summed E-state index contributed by atoms with van der Waals surface area (Å²) in [5.41, 5.74) is 3.95. The zero-order valence-electron chi connectivity index (χ0n) is 11.0. The number of nitrogens with zero attached hydrogens (tertiary/aromatic N) is 2. The van der Waals surface area contributed by atoms with Gasteiger partial charge in [0.2, 0.25) is 0 Å². The largest absolute Gasteiger partial charge is 0.423 e. The maximum atomic E-state index is 12.9. The molecule has 1 heterocycles. The first-order valence-corrected chi connectivity index (χ1v) is 6.15. The van der Waals surface area contributed by atoms with Crippen LogP contribution in [-0.4, -0.2) is 24.1 Å². The fourth-order valence-corrected chi connectivity index (χ4v) is 2.26. The van der Waals surface area contributed by atoms with Crippen LogP contribution in [0.4, 0.5) is 24.5 Å². The predicted octanol–water partition coefficient (Wildman–Crippen LogP) is 2.96. The molecule has 1 aliphatic rings. The molecule has 0 atom stereocenters. The number of nitro benzene ring substituents is 1. The first kappa shape index (κ1) is 17.5. The first-order chi connectivity index (χ1) is 9.29. The molecule has 2 rings (SSSR count). The van der Waals surface area contributed by atoms with Gasteiger partial charge >= 0.3 is 6.18 Å². The monoisotopic (exact) mass is 325 g/mol. The van der Waals surface area contributed by atoms with E-state index in [1.807, 2.05) is 0 Å². The van der Waals surface area contributed by atoms with Crippen molar-refractivity contribution < 1.29 is 18.1 Å². The van der Waals surface area contributed by atoms with Gasteiger partial charge in [-0.2, -0.15) is 13.2 Å². The number of anilines is 1. The molecule has 1 fully saturated rings. The third kappa shape index (κ3) is 3.98. The Labute approximate surface area is 125 Å². The van der Waals surface area contributed by atoms with Gasteiger partial charge in [-0.25, -0.2) is 0 Å². The van der Waals surface area contributed by atoms with Gasteiger partial charge in [-0.3, -0.25) is 10.1 Å². The van der Waals surface area contributed by atoms with Crippen molar-refractivity contribution in [1.82, 2.24) is 0 Å². The van der Waals surface area contributed by atoms with E-state index in [9.17, 15) is 23.3 Å². The van der Waals surface area contributed by atoms with Crippen LogP contribution < -0.4 is 10.6 Å². The van der Waals surface area contributed by atoms with Gasteiger partial charge in [0.05, 0.1) is 4.92 Å². The van der Waals surface area contributed by atoms with Crippen LogP contribution in [-0.2, 0) is 6.18 Å². The summed E-state index contributed by atoms with van der Waals surface area (Å²) in [6.45, 7) is 1.10. The second kappa shape index (κ2) is 6.48. The topological polar surface area (TPSA) is 72.4 Å². The van der Waals surface area contributed by atoms with Crippen LogP contribution in [0.3, 0.4) is 0 Å². The van der Waals surface area contributed by atoms with E-state index in [0.29, 0.717) is 31.6 Å². The molecule has 1 saturated heterocycles. The second-order valence-corrected chi connectivity index (χ2v) is 4.78. The third-order valence-corrected chi connectivity index (χ3v) is 3.39. The van der Waals surface area contributed by atoms with Crippen LogP contribution >= 0.6 is 12.4 Å². The lowest BCUT2D eigenvalue weighted by atomic mass is 10.0. The summed E-state index contributed by atoms with van der Waals surface area (Å²) in [5.74, 6) is 0. The number of piperidine rings is 1. The van der Waals surface area contributed by atoms with Crippen molar-refractivity contribution in [1.29, 1.82) is 0 Å². The van der Waals surface area contributed by atoms with Crippen molar-refractivity contribution in [3.63, 3.8) is 0 Å². The van der Waals surface area contributed by atoms with Crippen molar-refractivity contribution >= 4 is 23.8 Å². The highest BCUT2D eigenvalue weighted by molar-refractivity contribution is 5.85. The average molecular weight is 326 g/mol. The second-order valence-electron chi connectivity index (χ2n) is 4.78. The number of nitro groups is 1. The maximum Gasteiger partial charge on any atom is 0.423 e. The lowest BCUT2D eigenvalue weighted by Crippen LogP contribution is -2.39. The van der Waals surface area contributed by atoms with E-state index < -0.39 is 22.4 Å². The lowest BCUT2D eigenvalue weighted by molar-refractivity contribution is -0.388. The number of benzene rings is 1. The molecule has 0 amide bonds. The van der Waals surface area contributed by atoms with Crippen LogP contribution in [0.5, 0.6) is 0 Å². The van der Waals surface area contributed by atoms with Crippen molar-refractivity contribution in [2.45, 2.75) is 25.1 Å². The highest BCUT2D eigenvalue weighted by atomic mass is 35.5. The van der Waals surface area contributed by atoms with E-state index in [1.165, 1.54) is 6.07 Å². The molecule has 0 saturated carbocycles. The third-order valence-electron chi connectivity index (χ3n) is 3.39. The van der Waals surface area contributed by atoms with Gasteiger partial charge in [-0.1, -0.05) is 0 Å². The van der Waals surface area contributed by atoms with Gasteiger partial charge < -0.3 is 10.6 Å². The molecular weight excluding hydrogens is 311 g/mol. The molecule has 0 radical (unpaired) electrons. The molecule has 9 heteroatoms. The van der Waals surface area contributed by atoms with Crippen LogP contribution in [0.25, 0.3) is 0 Å². The van der Waals surface area contributed by atoms with E-state index >= 15 is 0 Å². The quantitative estimate of drug-likeness (QED) is 0.670. The molecule has 21 heavy (non-hydrogen) atoms. The highest BCUT2D eigenvalue weighted by Crippen LogP contribution is 2.38.